The summed E-state index contributed by atoms with van der Waals surface area (Å²) in [5, 5.41) is 12.9. The van der Waals surface area contributed by atoms with E-state index in [2.05, 4.69) is 29.8 Å². The van der Waals surface area contributed by atoms with E-state index in [1.54, 1.807) is 20.4 Å². The van der Waals surface area contributed by atoms with Gasteiger partial charge < -0.3 is 19.1 Å². The minimum absolute atomic E-state index is 0.0988. The molecule has 3 aromatic rings. The molecule has 0 saturated carbocycles. The van der Waals surface area contributed by atoms with E-state index >= 15 is 0 Å². The van der Waals surface area contributed by atoms with Gasteiger partial charge in [-0.1, -0.05) is 18.2 Å². The molecule has 5 nitrogen and oxygen atoms in total. The van der Waals surface area contributed by atoms with Crippen LogP contribution >= 0.6 is 0 Å². The zero-order valence-electron chi connectivity index (χ0n) is 19.5. The Kier molecular flexibility index (Phi) is 5.85. The summed E-state index contributed by atoms with van der Waals surface area (Å²) < 4.78 is 12.0. The number of para-hydroxylation sites is 1. The summed E-state index contributed by atoms with van der Waals surface area (Å²) in [5.74, 6) is 2.74. The number of aromatic nitrogens is 1. The van der Waals surface area contributed by atoms with E-state index in [4.69, 9.17) is 9.47 Å². The molecule has 0 spiro atoms. The van der Waals surface area contributed by atoms with Crippen LogP contribution in [0.4, 0.5) is 0 Å². The smallest absolute Gasteiger partial charge is 0.131 e. The minimum atomic E-state index is -0.592. The summed E-state index contributed by atoms with van der Waals surface area (Å²) in [6, 6.07) is 16.2. The largest absolute Gasteiger partial charge is 0.497 e. The van der Waals surface area contributed by atoms with Crippen LogP contribution in [-0.4, -0.2) is 47.9 Å². The summed E-state index contributed by atoms with van der Waals surface area (Å²) in [7, 11) is 3.40. The Morgan fingerprint density at radius 1 is 1.18 bits per heavy atom. The van der Waals surface area contributed by atoms with Crippen LogP contribution in [0.15, 0.2) is 67.4 Å². The van der Waals surface area contributed by atoms with Crippen LogP contribution in [0.2, 0.25) is 0 Å². The van der Waals surface area contributed by atoms with Crippen molar-refractivity contribution in [1.29, 1.82) is 0 Å². The van der Waals surface area contributed by atoms with E-state index in [0.29, 0.717) is 11.8 Å². The second-order valence-electron chi connectivity index (χ2n) is 9.57. The summed E-state index contributed by atoms with van der Waals surface area (Å²) in [4.78, 5) is 4.52. The van der Waals surface area contributed by atoms with Crippen molar-refractivity contribution in [2.24, 2.45) is 11.8 Å². The quantitative estimate of drug-likeness (QED) is 0.415. The van der Waals surface area contributed by atoms with Gasteiger partial charge in [-0.2, -0.15) is 0 Å². The average molecular weight is 446 g/mol. The van der Waals surface area contributed by atoms with Crippen molar-refractivity contribution in [3.05, 3.63) is 78.5 Å². The number of pyridine rings is 1. The van der Waals surface area contributed by atoms with Gasteiger partial charge in [0.25, 0.3) is 0 Å². The summed E-state index contributed by atoms with van der Waals surface area (Å²) in [6.45, 7) is 7.04. The number of aliphatic hydroxyl groups is 1. The number of hydrogen-bond acceptors (Lipinski definition) is 4. The second-order valence-corrected chi connectivity index (χ2v) is 9.57. The molecule has 0 amide bonds. The van der Waals surface area contributed by atoms with Gasteiger partial charge >= 0.3 is 0 Å². The molecule has 0 radical (unpaired) electrons. The highest BCUT2D eigenvalue weighted by Gasteiger charge is 2.54. The van der Waals surface area contributed by atoms with Gasteiger partial charge in [0.05, 0.1) is 32.8 Å². The zero-order valence-corrected chi connectivity index (χ0v) is 19.5. The molecule has 1 aromatic heterocycles. The fourth-order valence-corrected chi connectivity index (χ4v) is 6.29. The van der Waals surface area contributed by atoms with Crippen molar-refractivity contribution in [3.8, 4) is 11.5 Å². The Morgan fingerprint density at radius 3 is 2.82 bits per heavy atom. The SMILES string of the molecule is C=C[C@H]1C[N@+]2(Cc3ccccc3OC)CC[C@H]1C[C@H]2[C@H](O)c1ccnc2ccc(OC)cc12. The predicted molar refractivity (Wildman–Crippen MR) is 130 cm³/mol. The van der Waals surface area contributed by atoms with E-state index in [-0.39, 0.29) is 6.04 Å². The average Bonchev–Trinajstić information content (AvgIpc) is 2.87. The van der Waals surface area contributed by atoms with Gasteiger partial charge in [0.1, 0.15) is 30.2 Å². The number of rotatable bonds is 7. The van der Waals surface area contributed by atoms with Crippen LogP contribution in [0.5, 0.6) is 11.5 Å². The van der Waals surface area contributed by atoms with Gasteiger partial charge in [0, 0.05) is 35.9 Å². The lowest BCUT2D eigenvalue weighted by Gasteiger charge is -2.58. The fraction of sp³-hybridized carbons (Fsp3) is 0.393. The number of benzene rings is 2. The van der Waals surface area contributed by atoms with Crippen LogP contribution < -0.4 is 9.47 Å². The topological polar surface area (TPSA) is 51.6 Å². The Balaban J connectivity index is 1.57. The van der Waals surface area contributed by atoms with Crippen LogP contribution in [0.3, 0.4) is 0 Å². The van der Waals surface area contributed by atoms with E-state index in [0.717, 1.165) is 58.5 Å². The van der Waals surface area contributed by atoms with Gasteiger partial charge in [-0.15, -0.1) is 6.58 Å². The Bertz CT molecular complexity index is 1160. The molecule has 5 atom stereocenters. The Labute approximate surface area is 195 Å². The van der Waals surface area contributed by atoms with Crippen molar-refractivity contribution in [1.82, 2.24) is 4.98 Å². The number of hydrogen-bond donors (Lipinski definition) is 1. The fourth-order valence-electron chi connectivity index (χ4n) is 6.29. The second kappa shape index (κ2) is 8.81. The first-order valence-corrected chi connectivity index (χ1v) is 11.8. The minimum Gasteiger partial charge on any atom is -0.497 e. The number of piperidine rings is 3. The highest BCUT2D eigenvalue weighted by molar-refractivity contribution is 5.83. The molecule has 3 aliphatic rings. The molecule has 3 saturated heterocycles. The van der Waals surface area contributed by atoms with Crippen LogP contribution in [-0.2, 0) is 6.54 Å². The van der Waals surface area contributed by atoms with Crippen molar-refractivity contribution >= 4 is 10.9 Å². The number of fused-ring (bicyclic) bond motifs is 4. The van der Waals surface area contributed by atoms with Gasteiger partial charge in [0.15, 0.2) is 0 Å². The maximum absolute atomic E-state index is 11.9. The Morgan fingerprint density at radius 2 is 2.03 bits per heavy atom. The molecule has 5 heteroatoms. The third-order valence-electron chi connectivity index (χ3n) is 8.02. The van der Waals surface area contributed by atoms with Gasteiger partial charge in [-0.3, -0.25) is 4.98 Å². The Hall–Kier alpha value is -2.89. The first-order chi connectivity index (χ1) is 16.1. The first kappa shape index (κ1) is 21.9. The molecule has 6 rings (SSSR count). The molecule has 3 aliphatic heterocycles. The molecule has 33 heavy (non-hydrogen) atoms. The molecule has 2 aromatic carbocycles. The number of methoxy groups -OCH3 is 2. The lowest BCUT2D eigenvalue weighted by molar-refractivity contribution is -0.984. The predicted octanol–water partition coefficient (Wildman–Crippen LogP) is 4.90. The van der Waals surface area contributed by atoms with E-state index in [9.17, 15) is 5.11 Å². The monoisotopic (exact) mass is 445 g/mol. The van der Waals surface area contributed by atoms with Crippen molar-refractivity contribution in [2.75, 3.05) is 27.3 Å². The molecular weight excluding hydrogens is 412 g/mol. The maximum Gasteiger partial charge on any atom is 0.131 e. The molecule has 2 bridgehead atoms. The number of aliphatic hydroxyl groups excluding tert-OH is 1. The van der Waals surface area contributed by atoms with Gasteiger partial charge in [-0.25, -0.2) is 0 Å². The van der Waals surface area contributed by atoms with Crippen molar-refractivity contribution in [3.63, 3.8) is 0 Å². The lowest BCUT2D eigenvalue weighted by atomic mass is 9.71. The number of nitrogens with zero attached hydrogens (tertiary/aromatic N) is 2. The lowest BCUT2D eigenvalue weighted by Crippen LogP contribution is -2.67. The van der Waals surface area contributed by atoms with Gasteiger partial charge in [-0.05, 0) is 47.9 Å². The third-order valence-corrected chi connectivity index (χ3v) is 8.02. The highest BCUT2D eigenvalue weighted by Crippen LogP contribution is 2.48. The van der Waals surface area contributed by atoms with Crippen LogP contribution in [0.1, 0.15) is 30.1 Å². The molecule has 1 N–H and O–H groups in total. The van der Waals surface area contributed by atoms with Crippen LogP contribution in [0.25, 0.3) is 10.9 Å². The van der Waals surface area contributed by atoms with E-state index in [1.165, 1.54) is 12.0 Å². The van der Waals surface area contributed by atoms with Crippen molar-refractivity contribution < 1.29 is 19.1 Å². The number of quaternary nitrogens is 1. The van der Waals surface area contributed by atoms with E-state index < -0.39 is 6.10 Å². The molecule has 4 heterocycles. The number of ether oxygens (including phenoxy) is 2. The molecule has 0 aliphatic carbocycles. The van der Waals surface area contributed by atoms with Crippen molar-refractivity contribution in [2.45, 2.75) is 31.5 Å². The normalized spacial score (nSPS) is 27.3. The van der Waals surface area contributed by atoms with Gasteiger partial charge in [0.2, 0.25) is 0 Å². The zero-order chi connectivity index (χ0) is 23.0. The summed E-state index contributed by atoms with van der Waals surface area (Å²) in [6.07, 6.45) is 5.50. The molecule has 172 valence electrons. The summed E-state index contributed by atoms with van der Waals surface area (Å²) >= 11 is 0. The molecule has 3 fully saturated rings. The maximum atomic E-state index is 11.9. The van der Waals surface area contributed by atoms with E-state index in [1.807, 2.05) is 36.4 Å². The third kappa shape index (κ3) is 3.79. The molecule has 0 unspecified atom stereocenters. The van der Waals surface area contributed by atoms with Crippen LogP contribution in [0, 0.1) is 11.8 Å². The first-order valence-electron chi connectivity index (χ1n) is 11.8. The molecular formula is C28H33N2O3+. The standard InChI is InChI=1S/C28H33N2O3/c1-4-19-17-30(18-21-7-5-6-8-27(21)33-3)14-12-20(19)15-26(30)28(31)23-11-13-29-25-10-9-22(32-2)16-24(23)25/h4-11,13,16,19-20,26,28,31H,1,12,14-15,17-18H2,2-3H3/q+1/t19-,20-,26-,28+,30-/m0/s1. The summed E-state index contributed by atoms with van der Waals surface area (Å²) in [5.41, 5.74) is 3.01. The highest BCUT2D eigenvalue weighted by atomic mass is 16.5.